The van der Waals surface area contributed by atoms with E-state index in [0.717, 1.165) is 19.3 Å². The van der Waals surface area contributed by atoms with Crippen molar-refractivity contribution in [1.29, 1.82) is 0 Å². The maximum absolute atomic E-state index is 11.1. The van der Waals surface area contributed by atoms with E-state index in [0.29, 0.717) is 12.8 Å². The Balaban J connectivity index is 2.41. The third-order valence-corrected chi connectivity index (χ3v) is 3.28. The molecule has 0 aromatic heterocycles. The number of hydrogen-bond donors (Lipinski definition) is 0. The molecule has 1 heterocycles. The smallest absolute Gasteiger partial charge is 0.306 e. The van der Waals surface area contributed by atoms with Gasteiger partial charge in [0, 0.05) is 19.3 Å². The first-order valence-corrected chi connectivity index (χ1v) is 7.06. The van der Waals surface area contributed by atoms with Crippen LogP contribution in [0.2, 0.25) is 0 Å². The van der Waals surface area contributed by atoms with Crippen LogP contribution < -0.4 is 0 Å². The molecular weight excluding hydrogens is 244 g/mol. The van der Waals surface area contributed by atoms with Crippen LogP contribution in [-0.2, 0) is 19.1 Å². The summed E-state index contributed by atoms with van der Waals surface area (Å²) in [5, 5.41) is 0. The zero-order valence-corrected chi connectivity index (χ0v) is 12.1. The first kappa shape index (κ1) is 15.7. The highest BCUT2D eigenvalue weighted by atomic mass is 16.6. The number of unbranched alkanes of at least 4 members (excludes halogenated alkanes) is 1. The second-order valence-corrected chi connectivity index (χ2v) is 5.16. The van der Waals surface area contributed by atoms with E-state index in [-0.39, 0.29) is 30.1 Å². The van der Waals surface area contributed by atoms with Crippen molar-refractivity contribution >= 4 is 11.9 Å². The van der Waals surface area contributed by atoms with E-state index >= 15 is 0 Å². The molecule has 1 fully saturated rings. The van der Waals surface area contributed by atoms with Crippen molar-refractivity contribution in [3.63, 3.8) is 0 Å². The molecule has 3 atom stereocenters. The van der Waals surface area contributed by atoms with Crippen LogP contribution in [0.25, 0.3) is 0 Å². The average molecular weight is 268 g/mol. The molecule has 4 nitrogen and oxygen atoms in total. The molecule has 0 saturated carbocycles. The van der Waals surface area contributed by atoms with Gasteiger partial charge in [0.2, 0.25) is 0 Å². The van der Waals surface area contributed by atoms with Gasteiger partial charge in [0.1, 0.15) is 12.2 Å². The Hall–Kier alpha value is -1.32. The Morgan fingerprint density at radius 3 is 2.84 bits per heavy atom. The average Bonchev–Trinajstić information content (AvgIpc) is 2.64. The summed E-state index contributed by atoms with van der Waals surface area (Å²) in [4.78, 5) is 22.1. The molecule has 4 heteroatoms. The maximum Gasteiger partial charge on any atom is 0.306 e. The van der Waals surface area contributed by atoms with Gasteiger partial charge in [-0.25, -0.2) is 0 Å². The van der Waals surface area contributed by atoms with Crippen molar-refractivity contribution in [2.75, 3.05) is 0 Å². The van der Waals surface area contributed by atoms with Crippen LogP contribution in [0, 0.1) is 5.92 Å². The summed E-state index contributed by atoms with van der Waals surface area (Å²) in [6, 6.07) is 0. The predicted molar refractivity (Wildman–Crippen MR) is 72.5 cm³/mol. The summed E-state index contributed by atoms with van der Waals surface area (Å²) in [6.07, 6.45) is 7.81. The van der Waals surface area contributed by atoms with Gasteiger partial charge in [-0.05, 0) is 18.9 Å². The molecule has 0 aliphatic carbocycles. The molecule has 1 saturated heterocycles. The Kier molecular flexibility index (Phi) is 6.60. The molecule has 108 valence electrons. The van der Waals surface area contributed by atoms with Crippen molar-refractivity contribution in [3.05, 3.63) is 12.2 Å². The molecule has 0 radical (unpaired) electrons. The normalized spacial score (nSPS) is 24.5. The minimum atomic E-state index is -0.258. The van der Waals surface area contributed by atoms with Gasteiger partial charge in [0.15, 0.2) is 0 Å². The lowest BCUT2D eigenvalue weighted by molar-refractivity contribution is -0.144. The van der Waals surface area contributed by atoms with Crippen LogP contribution in [0.4, 0.5) is 0 Å². The van der Waals surface area contributed by atoms with Gasteiger partial charge in [0.25, 0.3) is 0 Å². The van der Waals surface area contributed by atoms with Gasteiger partial charge in [-0.15, -0.1) is 0 Å². The van der Waals surface area contributed by atoms with Crippen LogP contribution in [0.15, 0.2) is 12.2 Å². The van der Waals surface area contributed by atoms with Crippen molar-refractivity contribution < 1.29 is 19.1 Å². The van der Waals surface area contributed by atoms with Crippen molar-refractivity contribution in [1.82, 2.24) is 0 Å². The van der Waals surface area contributed by atoms with E-state index in [1.165, 1.54) is 6.92 Å². The van der Waals surface area contributed by atoms with E-state index in [9.17, 15) is 9.59 Å². The number of cyclic esters (lactones) is 1. The lowest BCUT2D eigenvalue weighted by atomic mass is 10.0. The molecular formula is C15H24O4. The first-order valence-electron chi connectivity index (χ1n) is 7.06. The summed E-state index contributed by atoms with van der Waals surface area (Å²) >= 11 is 0. The Labute approximate surface area is 115 Å². The van der Waals surface area contributed by atoms with E-state index in [2.05, 4.69) is 6.92 Å². The van der Waals surface area contributed by atoms with Crippen molar-refractivity contribution in [2.24, 2.45) is 5.92 Å². The van der Waals surface area contributed by atoms with Crippen LogP contribution in [-0.4, -0.2) is 24.1 Å². The second-order valence-electron chi connectivity index (χ2n) is 5.16. The third kappa shape index (κ3) is 5.90. The molecule has 19 heavy (non-hydrogen) atoms. The summed E-state index contributed by atoms with van der Waals surface area (Å²) in [5.41, 5.74) is 0. The van der Waals surface area contributed by atoms with Gasteiger partial charge in [-0.1, -0.05) is 26.3 Å². The number of carbonyl (C=O) groups excluding carboxylic acids is 2. The van der Waals surface area contributed by atoms with E-state index in [1.807, 2.05) is 19.1 Å². The minimum Gasteiger partial charge on any atom is -0.462 e. The van der Waals surface area contributed by atoms with Crippen molar-refractivity contribution in [2.45, 2.75) is 65.1 Å². The molecule has 0 aromatic rings. The van der Waals surface area contributed by atoms with Gasteiger partial charge in [0.05, 0.1) is 6.42 Å². The molecule has 0 spiro atoms. The quantitative estimate of drug-likeness (QED) is 0.526. The van der Waals surface area contributed by atoms with Gasteiger partial charge < -0.3 is 9.47 Å². The van der Waals surface area contributed by atoms with Crippen LogP contribution in [0.5, 0.6) is 0 Å². The minimum absolute atomic E-state index is 0.0343. The Morgan fingerprint density at radius 1 is 1.58 bits per heavy atom. The molecule has 0 N–H and O–H groups in total. The standard InChI is InChI=1S/C15H24O4/c1-4-5-7-13(18-12(3)16)8-6-9-14-11(2)10-15(17)19-14/h6,8,11,13-14H,4-5,7,9-10H2,1-3H3/b8-6-/t11-,13?,14+/m1/s1. The van der Waals surface area contributed by atoms with E-state index in [1.54, 1.807) is 0 Å². The first-order chi connectivity index (χ1) is 9.02. The van der Waals surface area contributed by atoms with Gasteiger partial charge in [-0.2, -0.15) is 0 Å². The fraction of sp³-hybridized carbons (Fsp3) is 0.733. The number of esters is 2. The number of ether oxygens (including phenoxy) is 2. The maximum atomic E-state index is 11.1. The van der Waals surface area contributed by atoms with E-state index in [4.69, 9.17) is 9.47 Å². The molecule has 1 unspecified atom stereocenters. The van der Waals surface area contributed by atoms with Crippen molar-refractivity contribution in [3.8, 4) is 0 Å². The zero-order chi connectivity index (χ0) is 14.3. The highest BCUT2D eigenvalue weighted by Crippen LogP contribution is 2.24. The number of carbonyl (C=O) groups is 2. The van der Waals surface area contributed by atoms with Gasteiger partial charge >= 0.3 is 11.9 Å². The van der Waals surface area contributed by atoms with Gasteiger partial charge in [-0.3, -0.25) is 9.59 Å². The molecule has 1 aliphatic heterocycles. The molecule has 1 aliphatic rings. The third-order valence-electron chi connectivity index (χ3n) is 3.28. The molecule has 1 rings (SSSR count). The lowest BCUT2D eigenvalue weighted by Crippen LogP contribution is -2.15. The SMILES string of the molecule is CCCCC(/C=C\C[C@@H]1OC(=O)C[C@H]1C)OC(C)=O. The van der Waals surface area contributed by atoms with Crippen LogP contribution in [0.3, 0.4) is 0 Å². The monoisotopic (exact) mass is 268 g/mol. The summed E-state index contributed by atoms with van der Waals surface area (Å²) in [6.45, 7) is 5.55. The van der Waals surface area contributed by atoms with Crippen LogP contribution >= 0.6 is 0 Å². The fourth-order valence-electron chi connectivity index (χ4n) is 2.19. The summed E-state index contributed by atoms with van der Waals surface area (Å²) in [7, 11) is 0. The Bertz CT molecular complexity index is 335. The Morgan fingerprint density at radius 2 is 2.32 bits per heavy atom. The highest BCUT2D eigenvalue weighted by Gasteiger charge is 2.30. The van der Waals surface area contributed by atoms with E-state index < -0.39 is 0 Å². The largest absolute Gasteiger partial charge is 0.462 e. The molecule has 0 aromatic carbocycles. The fourth-order valence-corrected chi connectivity index (χ4v) is 2.19. The second kappa shape index (κ2) is 7.97. The number of hydrogen-bond acceptors (Lipinski definition) is 4. The van der Waals surface area contributed by atoms with Crippen LogP contribution in [0.1, 0.15) is 52.9 Å². The number of rotatable bonds is 7. The summed E-state index contributed by atoms with van der Waals surface area (Å²) < 4.78 is 10.5. The summed E-state index contributed by atoms with van der Waals surface area (Å²) in [5.74, 6) is -0.111. The predicted octanol–water partition coefficient (Wildman–Crippen LogP) is 3.01. The topological polar surface area (TPSA) is 52.6 Å². The zero-order valence-electron chi connectivity index (χ0n) is 12.1. The lowest BCUT2D eigenvalue weighted by Gasteiger charge is -2.14. The highest BCUT2D eigenvalue weighted by molar-refractivity contribution is 5.72. The molecule has 0 amide bonds. The molecule has 0 bridgehead atoms.